The van der Waals surface area contributed by atoms with E-state index in [1.54, 1.807) is 0 Å². The summed E-state index contributed by atoms with van der Waals surface area (Å²) in [6.45, 7) is 4.62. The summed E-state index contributed by atoms with van der Waals surface area (Å²) in [5, 5.41) is 5.73. The third-order valence-corrected chi connectivity index (χ3v) is 4.61. The minimum absolute atomic E-state index is 0.584. The molecule has 1 nitrogen and oxygen atoms in total. The molecular formula is C13H21NS. The number of nitrogens with one attached hydrogen (secondary N) is 1. The predicted molar refractivity (Wildman–Crippen MR) is 67.4 cm³/mol. The minimum atomic E-state index is 0.584. The number of hydrogen-bond acceptors (Lipinski definition) is 2. The molecule has 1 N–H and O–H groups in total. The quantitative estimate of drug-likeness (QED) is 0.823. The Morgan fingerprint density at radius 3 is 2.73 bits per heavy atom. The van der Waals surface area contributed by atoms with Gasteiger partial charge in [-0.25, -0.2) is 0 Å². The van der Waals surface area contributed by atoms with Gasteiger partial charge in [0.1, 0.15) is 0 Å². The van der Waals surface area contributed by atoms with Gasteiger partial charge in [0.2, 0.25) is 0 Å². The van der Waals surface area contributed by atoms with Gasteiger partial charge in [-0.05, 0) is 55.7 Å². The van der Waals surface area contributed by atoms with Gasteiger partial charge >= 0.3 is 0 Å². The third kappa shape index (κ3) is 2.26. The highest BCUT2D eigenvalue weighted by Gasteiger charge is 2.29. The van der Waals surface area contributed by atoms with Crippen LogP contribution in [0.4, 0.5) is 0 Å². The average molecular weight is 223 g/mol. The molecule has 0 aliphatic heterocycles. The first-order chi connectivity index (χ1) is 7.22. The molecule has 0 aromatic carbocycles. The molecule has 1 heterocycles. The maximum absolute atomic E-state index is 3.51. The van der Waals surface area contributed by atoms with Crippen LogP contribution in [0, 0.1) is 18.8 Å². The van der Waals surface area contributed by atoms with Gasteiger partial charge in [-0.1, -0.05) is 13.3 Å². The summed E-state index contributed by atoms with van der Waals surface area (Å²) >= 11 is 1.87. The molecule has 3 atom stereocenters. The second kappa shape index (κ2) is 4.67. The van der Waals surface area contributed by atoms with E-state index in [0.717, 1.165) is 11.8 Å². The van der Waals surface area contributed by atoms with Gasteiger partial charge in [0.25, 0.3) is 0 Å². The van der Waals surface area contributed by atoms with E-state index in [-0.39, 0.29) is 0 Å². The molecule has 1 fully saturated rings. The monoisotopic (exact) mass is 223 g/mol. The molecule has 2 rings (SSSR count). The van der Waals surface area contributed by atoms with Gasteiger partial charge in [0.15, 0.2) is 0 Å². The van der Waals surface area contributed by atoms with E-state index in [1.165, 1.54) is 29.7 Å². The number of hydrogen-bond donors (Lipinski definition) is 1. The van der Waals surface area contributed by atoms with Crippen LogP contribution in [-0.2, 0) is 0 Å². The first kappa shape index (κ1) is 11.2. The molecule has 0 spiro atoms. The van der Waals surface area contributed by atoms with E-state index in [4.69, 9.17) is 0 Å². The molecule has 1 aliphatic carbocycles. The van der Waals surface area contributed by atoms with E-state index >= 15 is 0 Å². The summed E-state index contributed by atoms with van der Waals surface area (Å²) in [7, 11) is 2.10. The van der Waals surface area contributed by atoms with Gasteiger partial charge in [-0.15, -0.1) is 11.3 Å². The van der Waals surface area contributed by atoms with Crippen LogP contribution in [0.25, 0.3) is 0 Å². The highest BCUT2D eigenvalue weighted by atomic mass is 32.1. The zero-order chi connectivity index (χ0) is 10.8. The summed E-state index contributed by atoms with van der Waals surface area (Å²) in [4.78, 5) is 1.48. The fraction of sp³-hybridized carbons (Fsp3) is 0.692. The van der Waals surface area contributed by atoms with Crippen molar-refractivity contribution in [2.75, 3.05) is 7.05 Å². The molecule has 2 heteroatoms. The molecule has 0 saturated heterocycles. The van der Waals surface area contributed by atoms with E-state index in [9.17, 15) is 0 Å². The largest absolute Gasteiger partial charge is 0.313 e. The second-order valence-electron chi connectivity index (χ2n) is 4.88. The Labute approximate surface area is 96.9 Å². The van der Waals surface area contributed by atoms with Gasteiger partial charge in [0.05, 0.1) is 0 Å². The maximum Gasteiger partial charge on any atom is 0.0357 e. The Bertz CT molecular complexity index is 318. The van der Waals surface area contributed by atoms with Crippen LogP contribution in [0.3, 0.4) is 0 Å². The van der Waals surface area contributed by atoms with Crippen molar-refractivity contribution in [2.24, 2.45) is 11.8 Å². The number of thiophene rings is 1. The van der Waals surface area contributed by atoms with Crippen LogP contribution in [0.15, 0.2) is 11.4 Å². The predicted octanol–water partition coefficient (Wildman–Crippen LogP) is 3.75. The first-order valence-electron chi connectivity index (χ1n) is 5.93. The van der Waals surface area contributed by atoms with Crippen LogP contribution in [0.2, 0.25) is 0 Å². The molecule has 0 radical (unpaired) electrons. The summed E-state index contributed by atoms with van der Waals surface area (Å²) in [5.74, 6) is 1.77. The molecule has 15 heavy (non-hydrogen) atoms. The van der Waals surface area contributed by atoms with Crippen molar-refractivity contribution < 1.29 is 0 Å². The summed E-state index contributed by atoms with van der Waals surface area (Å²) in [6, 6.07) is 2.88. The third-order valence-electron chi connectivity index (χ3n) is 3.75. The van der Waals surface area contributed by atoms with Gasteiger partial charge in [0, 0.05) is 10.9 Å². The van der Waals surface area contributed by atoms with E-state index in [0.29, 0.717) is 6.04 Å². The van der Waals surface area contributed by atoms with Crippen molar-refractivity contribution in [2.45, 2.75) is 39.2 Å². The Morgan fingerprint density at radius 2 is 2.27 bits per heavy atom. The van der Waals surface area contributed by atoms with Gasteiger partial charge in [-0.3, -0.25) is 0 Å². The molecule has 0 bridgehead atoms. The zero-order valence-electron chi connectivity index (χ0n) is 9.92. The second-order valence-corrected chi connectivity index (χ2v) is 6.00. The van der Waals surface area contributed by atoms with Crippen LogP contribution in [-0.4, -0.2) is 7.05 Å². The van der Waals surface area contributed by atoms with Gasteiger partial charge in [-0.2, -0.15) is 0 Å². The van der Waals surface area contributed by atoms with Crippen molar-refractivity contribution in [1.29, 1.82) is 0 Å². The summed E-state index contributed by atoms with van der Waals surface area (Å²) < 4.78 is 0. The summed E-state index contributed by atoms with van der Waals surface area (Å²) in [6.07, 6.45) is 4.19. The molecular weight excluding hydrogens is 202 g/mol. The molecule has 3 unspecified atom stereocenters. The highest BCUT2D eigenvalue weighted by molar-refractivity contribution is 7.10. The normalized spacial score (nSPS) is 28.2. The topological polar surface area (TPSA) is 12.0 Å². The van der Waals surface area contributed by atoms with Crippen LogP contribution < -0.4 is 5.32 Å². The maximum atomic E-state index is 3.51. The Morgan fingerprint density at radius 1 is 1.47 bits per heavy atom. The first-order valence-corrected chi connectivity index (χ1v) is 6.81. The number of rotatable bonds is 3. The molecule has 0 amide bonds. The lowest BCUT2D eigenvalue weighted by atomic mass is 9.91. The Kier molecular flexibility index (Phi) is 3.47. The molecule has 1 aliphatic rings. The molecule has 1 saturated carbocycles. The van der Waals surface area contributed by atoms with Crippen molar-refractivity contribution in [1.82, 2.24) is 5.32 Å². The smallest absolute Gasteiger partial charge is 0.0357 e. The zero-order valence-corrected chi connectivity index (χ0v) is 10.7. The van der Waals surface area contributed by atoms with Crippen LogP contribution in [0.1, 0.15) is 42.7 Å². The molecule has 84 valence electrons. The van der Waals surface area contributed by atoms with Crippen LogP contribution >= 0.6 is 11.3 Å². The van der Waals surface area contributed by atoms with Crippen molar-refractivity contribution >= 4 is 11.3 Å². The Hall–Kier alpha value is -0.340. The van der Waals surface area contributed by atoms with E-state index in [2.05, 4.69) is 37.7 Å². The Balaban J connectivity index is 2.14. The fourth-order valence-electron chi connectivity index (χ4n) is 2.92. The average Bonchev–Trinajstić information content (AvgIpc) is 2.79. The van der Waals surface area contributed by atoms with E-state index < -0.39 is 0 Å². The number of aryl methyl sites for hydroxylation is 1. The molecule has 1 aromatic rings. The standard InChI is InChI=1S/C13H21NS/c1-9-4-5-11(8-9)13(14-3)12-6-7-15-10(12)2/h6-7,9,11,13-14H,4-5,8H2,1-3H3. The van der Waals surface area contributed by atoms with Crippen molar-refractivity contribution in [3.05, 3.63) is 21.9 Å². The van der Waals surface area contributed by atoms with Crippen molar-refractivity contribution in [3.63, 3.8) is 0 Å². The lowest BCUT2D eigenvalue weighted by Crippen LogP contribution is -2.23. The fourth-order valence-corrected chi connectivity index (χ4v) is 3.67. The van der Waals surface area contributed by atoms with Crippen LogP contribution in [0.5, 0.6) is 0 Å². The highest BCUT2D eigenvalue weighted by Crippen LogP contribution is 2.40. The van der Waals surface area contributed by atoms with Gasteiger partial charge < -0.3 is 5.32 Å². The molecule has 1 aromatic heterocycles. The SMILES string of the molecule is CNC(c1ccsc1C)C1CCC(C)C1. The van der Waals surface area contributed by atoms with E-state index in [1.807, 2.05) is 11.3 Å². The van der Waals surface area contributed by atoms with Crippen molar-refractivity contribution in [3.8, 4) is 0 Å². The summed E-state index contributed by atoms with van der Waals surface area (Å²) in [5.41, 5.74) is 1.53. The lowest BCUT2D eigenvalue weighted by Gasteiger charge is -2.23. The minimum Gasteiger partial charge on any atom is -0.313 e. The lowest BCUT2D eigenvalue weighted by molar-refractivity contribution is 0.379.